The van der Waals surface area contributed by atoms with E-state index >= 15 is 0 Å². The molecule has 1 fully saturated rings. The van der Waals surface area contributed by atoms with Gasteiger partial charge in [0.15, 0.2) is 12.0 Å². The molecule has 1 aromatic carbocycles. The molecular weight excluding hydrogens is 306 g/mol. The number of anilines is 1. The summed E-state index contributed by atoms with van der Waals surface area (Å²) in [6.45, 7) is 2.15. The van der Waals surface area contributed by atoms with Crippen LogP contribution in [-0.4, -0.2) is 19.4 Å². The highest BCUT2D eigenvalue weighted by molar-refractivity contribution is 9.10. The van der Waals surface area contributed by atoms with E-state index in [0.29, 0.717) is 5.76 Å². The van der Waals surface area contributed by atoms with Crippen molar-refractivity contribution in [3.05, 3.63) is 40.6 Å². The first kappa shape index (κ1) is 12.5. The summed E-state index contributed by atoms with van der Waals surface area (Å²) in [6, 6.07) is 9.71. The summed E-state index contributed by atoms with van der Waals surface area (Å²) in [5.41, 5.74) is 2.21. The van der Waals surface area contributed by atoms with Crippen molar-refractivity contribution in [3.8, 4) is 11.3 Å². The molecule has 1 aromatic heterocycles. The maximum atomic E-state index is 10.7. The monoisotopic (exact) mass is 319 g/mol. The van der Waals surface area contributed by atoms with E-state index in [0.717, 1.165) is 35.2 Å². The highest BCUT2D eigenvalue weighted by Crippen LogP contribution is 2.35. The normalized spacial score (nSPS) is 14.9. The molecule has 1 aliphatic heterocycles. The van der Waals surface area contributed by atoms with Gasteiger partial charge in [-0.1, -0.05) is 15.9 Å². The van der Waals surface area contributed by atoms with Crippen molar-refractivity contribution in [2.45, 2.75) is 12.8 Å². The predicted molar refractivity (Wildman–Crippen MR) is 78.7 cm³/mol. The van der Waals surface area contributed by atoms with Crippen LogP contribution >= 0.6 is 15.9 Å². The molecule has 2 heterocycles. The number of carbonyl (C=O) groups is 1. The van der Waals surface area contributed by atoms with Crippen LogP contribution in [-0.2, 0) is 0 Å². The summed E-state index contributed by atoms with van der Waals surface area (Å²) in [7, 11) is 0. The van der Waals surface area contributed by atoms with E-state index in [-0.39, 0.29) is 0 Å². The molecule has 19 heavy (non-hydrogen) atoms. The average Bonchev–Trinajstić information content (AvgIpc) is 3.10. The maximum absolute atomic E-state index is 10.7. The summed E-state index contributed by atoms with van der Waals surface area (Å²) >= 11 is 3.52. The van der Waals surface area contributed by atoms with Crippen LogP contribution in [0.2, 0.25) is 0 Å². The lowest BCUT2D eigenvalue weighted by Crippen LogP contribution is -2.18. The molecule has 1 saturated heterocycles. The fourth-order valence-corrected chi connectivity index (χ4v) is 2.84. The Hall–Kier alpha value is -1.55. The van der Waals surface area contributed by atoms with Crippen molar-refractivity contribution >= 4 is 27.9 Å². The summed E-state index contributed by atoms with van der Waals surface area (Å²) in [5.74, 6) is 1.11. The number of hydrogen-bond acceptors (Lipinski definition) is 3. The van der Waals surface area contributed by atoms with Crippen LogP contribution in [0, 0.1) is 0 Å². The van der Waals surface area contributed by atoms with Gasteiger partial charge in [-0.15, -0.1) is 0 Å². The summed E-state index contributed by atoms with van der Waals surface area (Å²) in [6.07, 6.45) is 3.19. The molecular formula is C15H14BrNO2. The van der Waals surface area contributed by atoms with Gasteiger partial charge in [0, 0.05) is 28.8 Å². The van der Waals surface area contributed by atoms with Crippen LogP contribution in [0.5, 0.6) is 0 Å². The molecule has 0 radical (unpaired) electrons. The second-order valence-electron chi connectivity index (χ2n) is 4.68. The van der Waals surface area contributed by atoms with Crippen LogP contribution in [0.3, 0.4) is 0 Å². The lowest BCUT2D eigenvalue weighted by Gasteiger charge is -2.21. The Bertz CT molecular complexity index is 600. The quantitative estimate of drug-likeness (QED) is 0.798. The Labute approximate surface area is 120 Å². The van der Waals surface area contributed by atoms with Crippen molar-refractivity contribution in [2.75, 3.05) is 18.0 Å². The van der Waals surface area contributed by atoms with E-state index in [9.17, 15) is 4.79 Å². The van der Waals surface area contributed by atoms with E-state index < -0.39 is 0 Å². The Morgan fingerprint density at radius 2 is 1.95 bits per heavy atom. The third-order valence-corrected chi connectivity index (χ3v) is 3.91. The van der Waals surface area contributed by atoms with Crippen molar-refractivity contribution in [3.63, 3.8) is 0 Å². The molecule has 0 amide bonds. The second kappa shape index (κ2) is 5.21. The van der Waals surface area contributed by atoms with Crippen LogP contribution in [0.1, 0.15) is 23.4 Å². The van der Waals surface area contributed by atoms with Crippen LogP contribution in [0.25, 0.3) is 11.3 Å². The Balaban J connectivity index is 2.06. The first-order valence-corrected chi connectivity index (χ1v) is 7.17. The Morgan fingerprint density at radius 3 is 2.63 bits per heavy atom. The standard InChI is InChI=1S/C15H14BrNO2/c16-11-3-5-13(15-6-4-12(10-18)19-15)14(9-11)17-7-1-2-8-17/h3-6,9-10H,1-2,7-8H2. The number of carbonyl (C=O) groups excluding carboxylic acids is 1. The van der Waals surface area contributed by atoms with Crippen molar-refractivity contribution < 1.29 is 9.21 Å². The van der Waals surface area contributed by atoms with Gasteiger partial charge in [0.05, 0.1) is 0 Å². The molecule has 2 aromatic rings. The number of furan rings is 1. The van der Waals surface area contributed by atoms with Crippen molar-refractivity contribution in [2.24, 2.45) is 0 Å². The molecule has 0 bridgehead atoms. The smallest absolute Gasteiger partial charge is 0.185 e. The third-order valence-electron chi connectivity index (χ3n) is 3.41. The van der Waals surface area contributed by atoms with Gasteiger partial charge in [0.25, 0.3) is 0 Å². The van der Waals surface area contributed by atoms with E-state index in [1.54, 1.807) is 6.07 Å². The second-order valence-corrected chi connectivity index (χ2v) is 5.59. The fraction of sp³-hybridized carbons (Fsp3) is 0.267. The molecule has 3 rings (SSSR count). The molecule has 0 atom stereocenters. The van der Waals surface area contributed by atoms with E-state index in [1.807, 2.05) is 18.2 Å². The number of aldehydes is 1. The molecule has 0 unspecified atom stereocenters. The molecule has 1 aliphatic rings. The van der Waals surface area contributed by atoms with Gasteiger partial charge >= 0.3 is 0 Å². The highest BCUT2D eigenvalue weighted by Gasteiger charge is 2.18. The third kappa shape index (κ3) is 2.45. The SMILES string of the molecule is O=Cc1ccc(-c2ccc(Br)cc2N2CCCC2)o1. The molecule has 0 saturated carbocycles. The van der Waals surface area contributed by atoms with E-state index in [1.165, 1.54) is 18.5 Å². The minimum atomic E-state index is 0.366. The number of rotatable bonds is 3. The van der Waals surface area contributed by atoms with E-state index in [4.69, 9.17) is 4.42 Å². The first-order valence-electron chi connectivity index (χ1n) is 6.38. The Kier molecular flexibility index (Phi) is 3.42. The van der Waals surface area contributed by atoms with E-state index in [2.05, 4.69) is 26.9 Å². The zero-order valence-electron chi connectivity index (χ0n) is 10.4. The number of halogens is 1. The van der Waals surface area contributed by atoms with Crippen LogP contribution in [0.4, 0.5) is 5.69 Å². The maximum Gasteiger partial charge on any atom is 0.185 e. The molecule has 4 heteroatoms. The highest BCUT2D eigenvalue weighted by atomic mass is 79.9. The molecule has 0 aliphatic carbocycles. The first-order chi connectivity index (χ1) is 9.28. The lowest BCUT2D eigenvalue weighted by atomic mass is 10.1. The minimum absolute atomic E-state index is 0.366. The van der Waals surface area contributed by atoms with Crippen LogP contribution in [0.15, 0.2) is 39.2 Å². The Morgan fingerprint density at radius 1 is 1.16 bits per heavy atom. The largest absolute Gasteiger partial charge is 0.453 e. The van der Waals surface area contributed by atoms with Crippen LogP contribution < -0.4 is 4.90 Å². The van der Waals surface area contributed by atoms with Gasteiger partial charge in [-0.2, -0.15) is 0 Å². The number of hydrogen-bond donors (Lipinski definition) is 0. The minimum Gasteiger partial charge on any atom is -0.453 e. The predicted octanol–water partition coefficient (Wildman–Crippen LogP) is 4.12. The van der Waals surface area contributed by atoms with Crippen molar-refractivity contribution in [1.29, 1.82) is 0 Å². The van der Waals surface area contributed by atoms with Gasteiger partial charge in [-0.05, 0) is 43.2 Å². The molecule has 0 spiro atoms. The van der Waals surface area contributed by atoms with Gasteiger partial charge in [0.2, 0.25) is 0 Å². The molecule has 0 N–H and O–H groups in total. The zero-order valence-corrected chi connectivity index (χ0v) is 12.0. The van der Waals surface area contributed by atoms with Gasteiger partial charge in [-0.3, -0.25) is 4.79 Å². The summed E-state index contributed by atoms with van der Waals surface area (Å²) < 4.78 is 6.60. The average molecular weight is 320 g/mol. The van der Waals surface area contributed by atoms with Gasteiger partial charge in [0.1, 0.15) is 5.76 Å². The summed E-state index contributed by atoms with van der Waals surface area (Å²) in [5, 5.41) is 0. The number of nitrogens with zero attached hydrogens (tertiary/aromatic N) is 1. The fourth-order valence-electron chi connectivity index (χ4n) is 2.49. The van der Waals surface area contributed by atoms with Gasteiger partial charge < -0.3 is 9.32 Å². The van der Waals surface area contributed by atoms with Crippen molar-refractivity contribution in [1.82, 2.24) is 0 Å². The zero-order chi connectivity index (χ0) is 13.2. The summed E-state index contributed by atoms with van der Waals surface area (Å²) in [4.78, 5) is 13.1. The number of benzene rings is 1. The van der Waals surface area contributed by atoms with Gasteiger partial charge in [-0.25, -0.2) is 0 Å². The molecule has 98 valence electrons. The molecule has 3 nitrogen and oxygen atoms in total. The lowest BCUT2D eigenvalue weighted by molar-refractivity contribution is 0.110. The topological polar surface area (TPSA) is 33.5 Å².